The number of rotatable bonds is 44. The summed E-state index contributed by atoms with van der Waals surface area (Å²) in [6, 6.07) is 0. The molecule has 0 aliphatic heterocycles. The van der Waals surface area contributed by atoms with Crippen molar-refractivity contribution in [2.75, 3.05) is 47.5 Å². The number of esters is 2. The predicted molar refractivity (Wildman–Crippen MR) is 254 cm³/mol. The summed E-state index contributed by atoms with van der Waals surface area (Å²) in [6.45, 7) is 4.16. The van der Waals surface area contributed by atoms with Gasteiger partial charge in [-0.25, -0.2) is 0 Å². The Labute approximate surface area is 375 Å². The number of phosphoric acid groups is 1. The van der Waals surface area contributed by atoms with Gasteiger partial charge in [0.15, 0.2) is 6.10 Å². The number of unbranched alkanes of at least 4 members (excludes halogenated alkanes) is 20. The van der Waals surface area contributed by atoms with Crippen molar-refractivity contribution >= 4 is 19.8 Å². The number of quaternary nitrogens is 1. The van der Waals surface area contributed by atoms with E-state index in [2.05, 4.69) is 74.6 Å². The fourth-order valence-electron chi connectivity index (χ4n) is 6.40. The van der Waals surface area contributed by atoms with Crippen LogP contribution in [-0.2, 0) is 32.7 Å². The van der Waals surface area contributed by atoms with Crippen LogP contribution in [-0.4, -0.2) is 70.0 Å². The first-order chi connectivity index (χ1) is 29.5. The first kappa shape index (κ1) is 58.7. The van der Waals surface area contributed by atoms with Crippen molar-refractivity contribution in [3.8, 4) is 0 Å². The van der Waals surface area contributed by atoms with Crippen LogP contribution >= 0.6 is 7.82 Å². The molecule has 0 radical (unpaired) electrons. The maximum Gasteiger partial charge on any atom is 0.306 e. The summed E-state index contributed by atoms with van der Waals surface area (Å²) in [5, 5.41) is 0. The Morgan fingerprint density at radius 3 is 1.34 bits per heavy atom. The maximum absolute atomic E-state index is 12.7. The minimum atomic E-state index is -4.64. The van der Waals surface area contributed by atoms with Gasteiger partial charge in [-0.3, -0.25) is 14.2 Å². The fourth-order valence-corrected chi connectivity index (χ4v) is 7.13. The Bertz CT molecular complexity index is 1220. The van der Waals surface area contributed by atoms with Crippen molar-refractivity contribution in [2.24, 2.45) is 0 Å². The third kappa shape index (κ3) is 47.0. The molecule has 0 aromatic rings. The number of ether oxygens (including phenoxy) is 2. The highest BCUT2D eigenvalue weighted by Crippen LogP contribution is 2.38. The molecule has 0 aromatic heterocycles. The van der Waals surface area contributed by atoms with E-state index < -0.39 is 32.5 Å². The molecule has 10 heteroatoms. The molecule has 0 saturated carbocycles. The van der Waals surface area contributed by atoms with E-state index >= 15 is 0 Å². The molecule has 0 aliphatic rings. The molecule has 9 nitrogen and oxygen atoms in total. The van der Waals surface area contributed by atoms with Crippen LogP contribution in [0.2, 0.25) is 0 Å². The Morgan fingerprint density at radius 2 is 0.885 bits per heavy atom. The summed E-state index contributed by atoms with van der Waals surface area (Å²) < 4.78 is 34.0. The van der Waals surface area contributed by atoms with Crippen molar-refractivity contribution in [1.29, 1.82) is 0 Å². The molecule has 0 bridgehead atoms. The summed E-state index contributed by atoms with van der Waals surface area (Å²) in [6.07, 6.45) is 52.4. The number of phosphoric ester groups is 1. The molecule has 2 unspecified atom stereocenters. The fraction of sp³-hybridized carbons (Fsp3) is 0.765. The monoisotopic (exact) mass is 878 g/mol. The lowest BCUT2D eigenvalue weighted by molar-refractivity contribution is -0.870. The molecule has 61 heavy (non-hydrogen) atoms. The smallest absolute Gasteiger partial charge is 0.306 e. The van der Waals surface area contributed by atoms with Crippen LogP contribution < -0.4 is 4.89 Å². The van der Waals surface area contributed by atoms with E-state index in [4.69, 9.17) is 18.5 Å². The van der Waals surface area contributed by atoms with Crippen molar-refractivity contribution in [2.45, 2.75) is 206 Å². The minimum Gasteiger partial charge on any atom is -0.756 e. The van der Waals surface area contributed by atoms with Gasteiger partial charge in [-0.2, -0.15) is 0 Å². The molecule has 0 spiro atoms. The van der Waals surface area contributed by atoms with Crippen LogP contribution in [0.1, 0.15) is 200 Å². The van der Waals surface area contributed by atoms with E-state index in [0.29, 0.717) is 17.4 Å². The van der Waals surface area contributed by atoms with Gasteiger partial charge in [0.05, 0.1) is 27.7 Å². The number of likely N-dealkylation sites (N-methyl/N-ethyl adjacent to an activating group) is 1. The predicted octanol–water partition coefficient (Wildman–Crippen LogP) is 13.8. The lowest BCUT2D eigenvalue weighted by atomic mass is 10.1. The molecule has 354 valence electrons. The van der Waals surface area contributed by atoms with E-state index in [1.54, 1.807) is 0 Å². The van der Waals surface area contributed by atoms with Crippen molar-refractivity contribution < 1.29 is 42.1 Å². The van der Waals surface area contributed by atoms with Gasteiger partial charge in [0.2, 0.25) is 0 Å². The molecule has 0 fully saturated rings. The standard InChI is InChI=1S/C51H92NO8P/c1-6-8-10-12-14-16-18-20-22-24-26-28-30-32-34-36-38-40-42-44-51(54)60-49(48-59-61(55,56)58-46-45-52(3,4)5)47-57-50(53)43-41-39-37-35-33-31-29-27-25-23-21-19-17-15-13-11-9-7-2/h14,16-17,19-20,22-23,25-26,28,49H,6-13,15,18,21,24,27,29-48H2,1-5H3/b16-14-,19-17-,22-20-,25-23-,28-26-. The van der Waals surface area contributed by atoms with Gasteiger partial charge in [0.25, 0.3) is 7.82 Å². The SMILES string of the molecule is CCCCC/C=C\C/C=C\C/C=C\CCCCCCCCC(=O)OC(COC(=O)CCCCCCCCC/C=C\C/C=C\CCCCCC)COP(=O)([O-])OCC[N+](C)(C)C. The zero-order valence-corrected chi connectivity index (χ0v) is 40.7. The Morgan fingerprint density at radius 1 is 0.508 bits per heavy atom. The second kappa shape index (κ2) is 43.0. The number of hydrogen-bond acceptors (Lipinski definition) is 8. The lowest BCUT2D eigenvalue weighted by Crippen LogP contribution is -2.37. The summed E-state index contributed by atoms with van der Waals surface area (Å²) in [7, 11) is 1.14. The molecule has 0 aromatic carbocycles. The van der Waals surface area contributed by atoms with Crippen molar-refractivity contribution in [3.63, 3.8) is 0 Å². The van der Waals surface area contributed by atoms with Gasteiger partial charge >= 0.3 is 11.9 Å². The molecule has 0 heterocycles. The second-order valence-corrected chi connectivity index (χ2v) is 18.9. The zero-order chi connectivity index (χ0) is 45.0. The summed E-state index contributed by atoms with van der Waals surface area (Å²) in [4.78, 5) is 37.7. The van der Waals surface area contributed by atoms with Gasteiger partial charge in [-0.15, -0.1) is 0 Å². The molecule has 0 rings (SSSR count). The third-order valence-corrected chi connectivity index (χ3v) is 11.2. The van der Waals surface area contributed by atoms with E-state index in [-0.39, 0.29) is 26.1 Å². The summed E-state index contributed by atoms with van der Waals surface area (Å²) in [5.41, 5.74) is 0. The molecular weight excluding hydrogens is 786 g/mol. The van der Waals surface area contributed by atoms with Gasteiger partial charge in [-0.1, -0.05) is 164 Å². The van der Waals surface area contributed by atoms with Gasteiger partial charge < -0.3 is 27.9 Å². The number of hydrogen-bond donors (Lipinski definition) is 0. The normalized spacial score (nSPS) is 14.0. The van der Waals surface area contributed by atoms with Crippen LogP contribution in [0.4, 0.5) is 0 Å². The van der Waals surface area contributed by atoms with Crippen molar-refractivity contribution in [3.05, 3.63) is 60.8 Å². The molecule has 0 N–H and O–H groups in total. The average molecular weight is 878 g/mol. The van der Waals surface area contributed by atoms with Gasteiger partial charge in [0, 0.05) is 12.8 Å². The van der Waals surface area contributed by atoms with Gasteiger partial charge in [-0.05, 0) is 83.5 Å². The number of carbonyl (C=O) groups excluding carboxylic acids is 2. The first-order valence-corrected chi connectivity index (χ1v) is 26.0. The van der Waals surface area contributed by atoms with Crippen molar-refractivity contribution in [1.82, 2.24) is 0 Å². The molecule has 2 atom stereocenters. The van der Waals surface area contributed by atoms with E-state index in [0.717, 1.165) is 89.9 Å². The van der Waals surface area contributed by atoms with E-state index in [1.165, 1.54) is 77.0 Å². The molecule has 0 amide bonds. The highest BCUT2D eigenvalue weighted by atomic mass is 31.2. The average Bonchev–Trinajstić information content (AvgIpc) is 3.21. The third-order valence-electron chi connectivity index (χ3n) is 10.3. The van der Waals surface area contributed by atoms with Crippen LogP contribution in [0.3, 0.4) is 0 Å². The number of nitrogens with zero attached hydrogens (tertiary/aromatic N) is 1. The largest absolute Gasteiger partial charge is 0.756 e. The van der Waals surface area contributed by atoms with Crippen LogP contribution in [0.25, 0.3) is 0 Å². The van der Waals surface area contributed by atoms with Crippen LogP contribution in [0, 0.1) is 0 Å². The minimum absolute atomic E-state index is 0.0374. The van der Waals surface area contributed by atoms with E-state index in [1.807, 2.05) is 21.1 Å². The number of allylic oxidation sites excluding steroid dienone is 10. The van der Waals surface area contributed by atoms with Gasteiger partial charge in [0.1, 0.15) is 19.8 Å². The topological polar surface area (TPSA) is 111 Å². The highest BCUT2D eigenvalue weighted by Gasteiger charge is 2.21. The Hall–Kier alpha value is -2.29. The van der Waals surface area contributed by atoms with Crippen LogP contribution in [0.15, 0.2) is 60.8 Å². The summed E-state index contributed by atoms with van der Waals surface area (Å²) >= 11 is 0. The lowest BCUT2D eigenvalue weighted by Gasteiger charge is -2.28. The molecule has 0 aliphatic carbocycles. The molecular formula is C51H92NO8P. The first-order valence-electron chi connectivity index (χ1n) is 24.5. The second-order valence-electron chi connectivity index (χ2n) is 17.5. The zero-order valence-electron chi connectivity index (χ0n) is 39.8. The molecule has 0 saturated heterocycles. The highest BCUT2D eigenvalue weighted by molar-refractivity contribution is 7.45. The Balaban J connectivity index is 4.34. The van der Waals surface area contributed by atoms with Crippen LogP contribution in [0.5, 0.6) is 0 Å². The summed E-state index contributed by atoms with van der Waals surface area (Å²) in [5.74, 6) is -0.859. The maximum atomic E-state index is 12.7. The quantitative estimate of drug-likeness (QED) is 0.0196. The van der Waals surface area contributed by atoms with E-state index in [9.17, 15) is 19.0 Å². The Kier molecular flexibility index (Phi) is 41.4. The number of carbonyl (C=O) groups is 2.